The molecule has 0 aromatic heterocycles. The van der Waals surface area contributed by atoms with E-state index >= 15 is 0 Å². The molecule has 116 valence electrons. The van der Waals surface area contributed by atoms with Gasteiger partial charge in [-0.15, -0.1) is 0 Å². The summed E-state index contributed by atoms with van der Waals surface area (Å²) in [4.78, 5) is 11.8. The van der Waals surface area contributed by atoms with Gasteiger partial charge in [0.2, 0.25) is 5.91 Å². The Bertz CT molecular complexity index is 614. The zero-order valence-electron chi connectivity index (χ0n) is 12.7. The number of anilines is 1. The van der Waals surface area contributed by atoms with Crippen molar-refractivity contribution in [2.45, 2.75) is 19.8 Å². The molecule has 2 aromatic rings. The first-order valence-corrected chi connectivity index (χ1v) is 7.84. The molecule has 0 unspecified atom stereocenters. The molecule has 3 nitrogen and oxygen atoms in total. The maximum atomic E-state index is 11.8. The van der Waals surface area contributed by atoms with Crippen LogP contribution in [-0.4, -0.2) is 19.0 Å². The number of nitrogens with one attached hydrogen (secondary N) is 2. The van der Waals surface area contributed by atoms with Crippen molar-refractivity contribution in [3.63, 3.8) is 0 Å². The van der Waals surface area contributed by atoms with Crippen LogP contribution in [0.1, 0.15) is 17.5 Å². The van der Waals surface area contributed by atoms with Crippen molar-refractivity contribution in [1.29, 1.82) is 0 Å². The fraction of sp³-hybridized carbons (Fsp3) is 0.278. The number of halogens is 1. The van der Waals surface area contributed by atoms with Gasteiger partial charge in [-0.1, -0.05) is 48.0 Å². The van der Waals surface area contributed by atoms with Crippen molar-refractivity contribution < 1.29 is 4.79 Å². The Morgan fingerprint density at radius 1 is 1.05 bits per heavy atom. The summed E-state index contributed by atoms with van der Waals surface area (Å²) in [7, 11) is 0. The summed E-state index contributed by atoms with van der Waals surface area (Å²) in [5, 5.41) is 6.92. The molecule has 0 heterocycles. The van der Waals surface area contributed by atoms with Crippen LogP contribution in [0.3, 0.4) is 0 Å². The van der Waals surface area contributed by atoms with E-state index in [9.17, 15) is 4.79 Å². The third-order valence-corrected chi connectivity index (χ3v) is 3.92. The first-order chi connectivity index (χ1) is 10.7. The molecule has 0 aliphatic heterocycles. The third-order valence-electron chi connectivity index (χ3n) is 3.51. The minimum Gasteiger partial charge on any atom is -0.384 e. The molecule has 0 bridgehead atoms. The minimum absolute atomic E-state index is 0.0584. The largest absolute Gasteiger partial charge is 0.384 e. The highest BCUT2D eigenvalue weighted by Crippen LogP contribution is 2.22. The van der Waals surface area contributed by atoms with E-state index in [1.807, 2.05) is 43.3 Å². The highest BCUT2D eigenvalue weighted by atomic mass is 35.5. The van der Waals surface area contributed by atoms with Crippen molar-refractivity contribution in [1.82, 2.24) is 5.32 Å². The monoisotopic (exact) mass is 316 g/mol. The molecular formula is C18H21ClN2O. The molecule has 0 spiro atoms. The lowest BCUT2D eigenvalue weighted by molar-refractivity contribution is -0.120. The second-order valence-corrected chi connectivity index (χ2v) is 5.58. The molecule has 0 radical (unpaired) electrons. The fourth-order valence-electron chi connectivity index (χ4n) is 2.19. The Kier molecular flexibility index (Phi) is 6.28. The van der Waals surface area contributed by atoms with E-state index in [1.54, 1.807) is 0 Å². The normalized spacial score (nSPS) is 10.3. The van der Waals surface area contributed by atoms with E-state index in [4.69, 9.17) is 11.6 Å². The van der Waals surface area contributed by atoms with Gasteiger partial charge in [-0.05, 0) is 36.6 Å². The van der Waals surface area contributed by atoms with Gasteiger partial charge in [-0.25, -0.2) is 0 Å². The van der Waals surface area contributed by atoms with E-state index in [1.165, 1.54) is 5.56 Å². The van der Waals surface area contributed by atoms with Crippen LogP contribution >= 0.6 is 11.6 Å². The number of carbonyl (C=O) groups excluding carboxylic acids is 1. The SMILES string of the molecule is Cc1c(Cl)cccc1NCCC(=O)NCCc1ccccc1. The summed E-state index contributed by atoms with van der Waals surface area (Å²) in [6.07, 6.45) is 1.30. The third kappa shape index (κ3) is 5.08. The Hall–Kier alpha value is -2.00. The number of carbonyl (C=O) groups is 1. The molecule has 22 heavy (non-hydrogen) atoms. The predicted octanol–water partition coefficient (Wildman–Crippen LogP) is 3.81. The molecule has 1 amide bonds. The molecule has 2 N–H and O–H groups in total. The molecular weight excluding hydrogens is 296 g/mol. The quantitative estimate of drug-likeness (QED) is 0.815. The van der Waals surface area contributed by atoms with E-state index in [0.717, 1.165) is 22.7 Å². The minimum atomic E-state index is 0.0584. The molecule has 2 rings (SSSR count). The van der Waals surface area contributed by atoms with Gasteiger partial charge in [0, 0.05) is 30.2 Å². The molecule has 0 aliphatic rings. The van der Waals surface area contributed by atoms with Crippen molar-refractivity contribution in [3.8, 4) is 0 Å². The van der Waals surface area contributed by atoms with Gasteiger partial charge >= 0.3 is 0 Å². The van der Waals surface area contributed by atoms with E-state index < -0.39 is 0 Å². The van der Waals surface area contributed by atoms with Crippen LogP contribution < -0.4 is 10.6 Å². The maximum Gasteiger partial charge on any atom is 0.221 e. The Morgan fingerprint density at radius 2 is 1.82 bits per heavy atom. The summed E-state index contributed by atoms with van der Waals surface area (Å²) in [6, 6.07) is 15.9. The van der Waals surface area contributed by atoms with E-state index in [0.29, 0.717) is 19.5 Å². The Labute approximate surface area is 136 Å². The second-order valence-electron chi connectivity index (χ2n) is 5.17. The zero-order chi connectivity index (χ0) is 15.8. The lowest BCUT2D eigenvalue weighted by atomic mass is 10.1. The van der Waals surface area contributed by atoms with Crippen LogP contribution in [0.15, 0.2) is 48.5 Å². The Balaban J connectivity index is 1.66. The standard InChI is InChI=1S/C18H21ClN2O/c1-14-16(19)8-5-9-17(14)20-13-11-18(22)21-12-10-15-6-3-2-4-7-15/h2-9,20H,10-13H2,1H3,(H,21,22). The number of hydrogen-bond donors (Lipinski definition) is 2. The predicted molar refractivity (Wildman–Crippen MR) is 92.5 cm³/mol. The molecule has 0 saturated carbocycles. The first-order valence-electron chi connectivity index (χ1n) is 7.46. The number of benzene rings is 2. The van der Waals surface area contributed by atoms with Crippen molar-refractivity contribution in [2.24, 2.45) is 0 Å². The van der Waals surface area contributed by atoms with Crippen molar-refractivity contribution in [3.05, 3.63) is 64.7 Å². The molecule has 0 saturated heterocycles. The number of amides is 1. The van der Waals surface area contributed by atoms with Gasteiger partial charge in [0.05, 0.1) is 0 Å². The summed E-state index contributed by atoms with van der Waals surface area (Å²) in [6.45, 7) is 3.22. The van der Waals surface area contributed by atoms with E-state index in [2.05, 4.69) is 22.8 Å². The highest BCUT2D eigenvalue weighted by Gasteiger charge is 2.04. The molecule has 2 aromatic carbocycles. The van der Waals surface area contributed by atoms with Crippen LogP contribution in [0.25, 0.3) is 0 Å². The van der Waals surface area contributed by atoms with Crippen LogP contribution in [0.5, 0.6) is 0 Å². The van der Waals surface area contributed by atoms with Gasteiger partial charge in [-0.3, -0.25) is 4.79 Å². The summed E-state index contributed by atoms with van der Waals surface area (Å²) < 4.78 is 0. The molecule has 4 heteroatoms. The van der Waals surface area contributed by atoms with Gasteiger partial charge < -0.3 is 10.6 Å². The van der Waals surface area contributed by atoms with Crippen LogP contribution in [0.4, 0.5) is 5.69 Å². The van der Waals surface area contributed by atoms with Crippen LogP contribution in [-0.2, 0) is 11.2 Å². The van der Waals surface area contributed by atoms with Crippen LogP contribution in [0.2, 0.25) is 5.02 Å². The molecule has 0 fully saturated rings. The highest BCUT2D eigenvalue weighted by molar-refractivity contribution is 6.31. The molecule has 0 atom stereocenters. The van der Waals surface area contributed by atoms with Gasteiger partial charge in [0.15, 0.2) is 0 Å². The lowest BCUT2D eigenvalue weighted by Crippen LogP contribution is -2.27. The second kappa shape index (κ2) is 8.44. The molecule has 0 aliphatic carbocycles. The average molecular weight is 317 g/mol. The number of rotatable bonds is 7. The summed E-state index contributed by atoms with van der Waals surface area (Å²) in [5.41, 5.74) is 3.22. The van der Waals surface area contributed by atoms with Gasteiger partial charge in [0.25, 0.3) is 0 Å². The van der Waals surface area contributed by atoms with Crippen LogP contribution in [0, 0.1) is 6.92 Å². The topological polar surface area (TPSA) is 41.1 Å². The smallest absolute Gasteiger partial charge is 0.221 e. The summed E-state index contributed by atoms with van der Waals surface area (Å²) >= 11 is 6.06. The first kappa shape index (κ1) is 16.4. The van der Waals surface area contributed by atoms with E-state index in [-0.39, 0.29) is 5.91 Å². The average Bonchev–Trinajstić information content (AvgIpc) is 2.52. The fourth-order valence-corrected chi connectivity index (χ4v) is 2.36. The van der Waals surface area contributed by atoms with Crippen molar-refractivity contribution in [2.75, 3.05) is 18.4 Å². The summed E-state index contributed by atoms with van der Waals surface area (Å²) in [5.74, 6) is 0.0584. The van der Waals surface area contributed by atoms with Gasteiger partial charge in [-0.2, -0.15) is 0 Å². The maximum absolute atomic E-state index is 11.8. The lowest BCUT2D eigenvalue weighted by Gasteiger charge is -2.10. The number of hydrogen-bond acceptors (Lipinski definition) is 2. The Morgan fingerprint density at radius 3 is 2.59 bits per heavy atom. The van der Waals surface area contributed by atoms with Gasteiger partial charge in [0.1, 0.15) is 0 Å². The zero-order valence-corrected chi connectivity index (χ0v) is 13.5. The van der Waals surface area contributed by atoms with Crippen molar-refractivity contribution >= 4 is 23.2 Å².